The van der Waals surface area contributed by atoms with Crippen LogP contribution < -0.4 is 10.1 Å². The highest BCUT2D eigenvalue weighted by molar-refractivity contribution is 5.78. The van der Waals surface area contributed by atoms with Gasteiger partial charge in [-0.15, -0.1) is 0 Å². The van der Waals surface area contributed by atoms with Crippen molar-refractivity contribution < 1.29 is 9.53 Å². The Labute approximate surface area is 151 Å². The quantitative estimate of drug-likeness (QED) is 0.845. The van der Waals surface area contributed by atoms with Gasteiger partial charge in [-0.25, -0.2) is 0 Å². The van der Waals surface area contributed by atoms with Gasteiger partial charge in [0.05, 0.1) is 6.04 Å². The highest BCUT2D eigenvalue weighted by atomic mass is 16.5. The minimum absolute atomic E-state index is 0.0211. The lowest BCUT2D eigenvalue weighted by Gasteiger charge is -2.20. The van der Waals surface area contributed by atoms with E-state index in [0.717, 1.165) is 22.4 Å². The van der Waals surface area contributed by atoms with Crippen molar-refractivity contribution in [2.24, 2.45) is 0 Å². The number of ether oxygens (including phenoxy) is 1. The number of aryl methyl sites for hydroxylation is 2. The normalized spacial score (nSPS) is 12.6. The molecule has 1 N–H and O–H groups in total. The summed E-state index contributed by atoms with van der Waals surface area (Å²) in [4.78, 5) is 12.2. The van der Waals surface area contributed by atoms with E-state index >= 15 is 0 Å². The summed E-state index contributed by atoms with van der Waals surface area (Å²) in [5.41, 5.74) is 4.76. The van der Waals surface area contributed by atoms with E-state index in [0.29, 0.717) is 0 Å². The number of carbonyl (C=O) groups is 1. The Hall–Kier alpha value is -2.29. The minimum Gasteiger partial charge on any atom is -0.484 e. The molecule has 3 heteroatoms. The first-order valence-corrected chi connectivity index (χ1v) is 8.76. The van der Waals surface area contributed by atoms with E-state index in [4.69, 9.17) is 4.74 Å². The molecule has 134 valence electrons. The zero-order chi connectivity index (χ0) is 18.6. The van der Waals surface area contributed by atoms with Gasteiger partial charge in [0, 0.05) is 0 Å². The van der Waals surface area contributed by atoms with Crippen molar-refractivity contribution in [2.75, 3.05) is 6.61 Å². The fraction of sp³-hybridized carbons (Fsp3) is 0.409. The van der Waals surface area contributed by atoms with Crippen molar-refractivity contribution in [3.8, 4) is 5.75 Å². The molecule has 0 radical (unpaired) electrons. The van der Waals surface area contributed by atoms with E-state index in [1.54, 1.807) is 0 Å². The summed E-state index contributed by atoms with van der Waals surface area (Å²) in [6.45, 7) is 12.6. The summed E-state index contributed by atoms with van der Waals surface area (Å²) < 4.78 is 5.62. The van der Waals surface area contributed by atoms with Crippen molar-refractivity contribution in [3.05, 3.63) is 64.7 Å². The largest absolute Gasteiger partial charge is 0.484 e. The number of nitrogens with one attached hydrogen (secondary N) is 1. The van der Waals surface area contributed by atoms with Gasteiger partial charge >= 0.3 is 0 Å². The van der Waals surface area contributed by atoms with Gasteiger partial charge in [0.15, 0.2) is 6.61 Å². The lowest BCUT2D eigenvalue weighted by Crippen LogP contribution is -2.31. The second-order valence-electron chi connectivity index (χ2n) is 7.77. The van der Waals surface area contributed by atoms with Crippen LogP contribution >= 0.6 is 0 Å². The molecule has 3 nitrogen and oxygen atoms in total. The van der Waals surface area contributed by atoms with E-state index in [-0.39, 0.29) is 24.0 Å². The zero-order valence-electron chi connectivity index (χ0n) is 16.1. The van der Waals surface area contributed by atoms with Crippen LogP contribution in [0.4, 0.5) is 0 Å². The first-order chi connectivity index (χ1) is 11.6. The number of hydrogen-bond acceptors (Lipinski definition) is 2. The van der Waals surface area contributed by atoms with E-state index in [1.807, 2.05) is 32.9 Å². The van der Waals surface area contributed by atoms with Crippen molar-refractivity contribution in [3.63, 3.8) is 0 Å². The number of rotatable bonds is 5. The van der Waals surface area contributed by atoms with Gasteiger partial charge in [0.2, 0.25) is 0 Å². The van der Waals surface area contributed by atoms with E-state index in [9.17, 15) is 4.79 Å². The van der Waals surface area contributed by atoms with Gasteiger partial charge in [-0.2, -0.15) is 0 Å². The summed E-state index contributed by atoms with van der Waals surface area (Å²) in [5, 5.41) is 2.99. The maximum atomic E-state index is 12.2. The zero-order valence-corrected chi connectivity index (χ0v) is 16.1. The molecule has 0 heterocycles. The van der Waals surface area contributed by atoms with Gasteiger partial charge < -0.3 is 10.1 Å². The Morgan fingerprint density at radius 3 is 2.12 bits per heavy atom. The number of hydrogen-bond donors (Lipinski definition) is 1. The summed E-state index contributed by atoms with van der Waals surface area (Å²) in [5.74, 6) is 0.612. The second kappa shape index (κ2) is 7.73. The third kappa shape index (κ3) is 5.63. The maximum absolute atomic E-state index is 12.2. The Bertz CT molecular complexity index is 706. The van der Waals surface area contributed by atoms with E-state index in [2.05, 4.69) is 56.4 Å². The Morgan fingerprint density at radius 2 is 1.60 bits per heavy atom. The molecular formula is C22H29NO2. The highest BCUT2D eigenvalue weighted by Gasteiger charge is 2.15. The molecule has 0 spiro atoms. The summed E-state index contributed by atoms with van der Waals surface area (Å²) in [7, 11) is 0. The molecule has 1 amide bonds. The van der Waals surface area contributed by atoms with Crippen LogP contribution in [0.5, 0.6) is 5.75 Å². The van der Waals surface area contributed by atoms with Crippen LogP contribution in [-0.2, 0) is 10.2 Å². The molecule has 0 aliphatic heterocycles. The van der Waals surface area contributed by atoms with Gasteiger partial charge in [-0.3, -0.25) is 4.79 Å². The van der Waals surface area contributed by atoms with Crippen LogP contribution in [0.3, 0.4) is 0 Å². The summed E-state index contributed by atoms with van der Waals surface area (Å²) in [6.07, 6.45) is 0. The molecule has 2 rings (SSSR count). The third-order valence-corrected chi connectivity index (χ3v) is 4.22. The van der Waals surface area contributed by atoms with Crippen LogP contribution in [-0.4, -0.2) is 12.5 Å². The third-order valence-electron chi connectivity index (χ3n) is 4.22. The predicted octanol–water partition coefficient (Wildman–Crippen LogP) is 4.86. The van der Waals surface area contributed by atoms with Crippen LogP contribution in [0.15, 0.2) is 42.5 Å². The number of benzene rings is 2. The molecule has 0 unspecified atom stereocenters. The molecule has 1 atom stereocenters. The molecule has 0 bridgehead atoms. The van der Waals surface area contributed by atoms with Gasteiger partial charge in [0.1, 0.15) is 5.75 Å². The molecule has 0 aromatic heterocycles. The molecule has 0 fully saturated rings. The summed E-state index contributed by atoms with van der Waals surface area (Å²) >= 11 is 0. The average Bonchev–Trinajstić information content (AvgIpc) is 2.51. The Morgan fingerprint density at radius 1 is 1.04 bits per heavy atom. The van der Waals surface area contributed by atoms with Crippen molar-refractivity contribution in [1.29, 1.82) is 0 Å². The SMILES string of the molecule is Cc1cc(C)cc(OCC(=O)N[C@H](C)c2ccc(C(C)(C)C)cc2)c1. The molecule has 0 saturated carbocycles. The Kier molecular flexibility index (Phi) is 5.89. The summed E-state index contributed by atoms with van der Waals surface area (Å²) in [6, 6.07) is 14.3. The van der Waals surface area contributed by atoms with E-state index < -0.39 is 0 Å². The number of carbonyl (C=O) groups excluding carboxylic acids is 1. The van der Waals surface area contributed by atoms with Gasteiger partial charge in [-0.1, -0.05) is 51.1 Å². The maximum Gasteiger partial charge on any atom is 0.258 e. The minimum atomic E-state index is -0.119. The van der Waals surface area contributed by atoms with E-state index in [1.165, 1.54) is 5.56 Å². The van der Waals surface area contributed by atoms with Crippen LogP contribution in [0, 0.1) is 13.8 Å². The predicted molar refractivity (Wildman–Crippen MR) is 103 cm³/mol. The second-order valence-corrected chi connectivity index (χ2v) is 7.77. The first kappa shape index (κ1) is 19.0. The van der Waals surface area contributed by atoms with Crippen molar-refractivity contribution in [1.82, 2.24) is 5.32 Å². The monoisotopic (exact) mass is 339 g/mol. The molecule has 2 aromatic rings. The van der Waals surface area contributed by atoms with Crippen LogP contribution in [0.2, 0.25) is 0 Å². The Balaban J connectivity index is 1.91. The van der Waals surface area contributed by atoms with Gasteiger partial charge in [0.25, 0.3) is 5.91 Å². The standard InChI is InChI=1S/C22H29NO2/c1-15-11-16(2)13-20(12-15)25-14-21(24)23-17(3)18-7-9-19(10-8-18)22(4,5)6/h7-13,17H,14H2,1-6H3,(H,23,24)/t17-/m1/s1. The fourth-order valence-corrected chi connectivity index (χ4v) is 2.80. The lowest BCUT2D eigenvalue weighted by molar-refractivity contribution is -0.123. The topological polar surface area (TPSA) is 38.3 Å². The van der Waals surface area contributed by atoms with Crippen molar-refractivity contribution >= 4 is 5.91 Å². The smallest absolute Gasteiger partial charge is 0.258 e. The molecule has 25 heavy (non-hydrogen) atoms. The van der Waals surface area contributed by atoms with Crippen molar-refractivity contribution in [2.45, 2.75) is 53.0 Å². The lowest BCUT2D eigenvalue weighted by atomic mass is 9.86. The molecule has 0 aliphatic carbocycles. The van der Waals surface area contributed by atoms with Crippen LogP contribution in [0.25, 0.3) is 0 Å². The molecule has 2 aromatic carbocycles. The number of amides is 1. The fourth-order valence-electron chi connectivity index (χ4n) is 2.80. The van der Waals surface area contributed by atoms with Crippen LogP contribution in [0.1, 0.15) is 56.0 Å². The highest BCUT2D eigenvalue weighted by Crippen LogP contribution is 2.24. The average molecular weight is 339 g/mol. The first-order valence-electron chi connectivity index (χ1n) is 8.76. The molecule has 0 aliphatic rings. The molecular weight excluding hydrogens is 310 g/mol. The van der Waals surface area contributed by atoms with Gasteiger partial charge in [-0.05, 0) is 60.6 Å². The molecule has 0 saturated heterocycles.